The van der Waals surface area contributed by atoms with Crippen LogP contribution in [0, 0.1) is 0 Å². The van der Waals surface area contributed by atoms with Crippen LogP contribution in [0.1, 0.15) is 0 Å². The van der Waals surface area contributed by atoms with Gasteiger partial charge in [-0.15, -0.1) is 4.13 Å². The predicted molar refractivity (Wildman–Crippen MR) is 155 cm³/mol. The monoisotopic (exact) mass is 547 g/mol. The van der Waals surface area contributed by atoms with Crippen LogP contribution in [-0.2, 0) is 20.0 Å². The fourth-order valence-corrected chi connectivity index (χ4v) is 9.32. The normalized spacial score (nSPS) is 15.4. The highest BCUT2D eigenvalue weighted by Crippen LogP contribution is 2.50. The highest BCUT2D eigenvalue weighted by molar-refractivity contribution is 8.05. The maximum atomic E-state index is 14.1. The zero-order valence-electron chi connectivity index (χ0n) is 20.5. The van der Waals surface area contributed by atoms with E-state index in [9.17, 15) is 16.8 Å². The first-order valence-corrected chi connectivity index (χ1v) is 15.3. The number of nitrogens with one attached hydrogen (secondary N) is 1. The summed E-state index contributed by atoms with van der Waals surface area (Å²) in [5.74, 6) is 0. The lowest BCUT2D eigenvalue weighted by Gasteiger charge is -2.19. The summed E-state index contributed by atoms with van der Waals surface area (Å²) in [4.78, 5) is -0.102. The van der Waals surface area contributed by atoms with E-state index in [4.69, 9.17) is 0 Å². The summed E-state index contributed by atoms with van der Waals surface area (Å²) in [5.41, 5.74) is 2.99. The van der Waals surface area contributed by atoms with E-state index in [1.54, 1.807) is 0 Å². The van der Waals surface area contributed by atoms with Gasteiger partial charge in [0.05, 0.1) is 9.79 Å². The molecule has 0 saturated heterocycles. The van der Waals surface area contributed by atoms with Gasteiger partial charge in [-0.25, -0.2) is 16.8 Å². The van der Waals surface area contributed by atoms with Crippen molar-refractivity contribution in [3.8, 4) is 33.4 Å². The van der Waals surface area contributed by atoms with Crippen LogP contribution in [-0.4, -0.2) is 16.8 Å². The highest BCUT2D eigenvalue weighted by atomic mass is 32.3. The first kappa shape index (κ1) is 23.8. The number of hydrogen-bond acceptors (Lipinski definition) is 4. The number of hydrogen-bond donors (Lipinski definition) is 1. The Bertz CT molecular complexity index is 2000. The van der Waals surface area contributed by atoms with Crippen LogP contribution >= 0.6 is 0 Å². The van der Waals surface area contributed by atoms with Crippen LogP contribution in [0.15, 0.2) is 131 Å². The molecule has 0 amide bonds. The van der Waals surface area contributed by atoms with Gasteiger partial charge in [-0.05, 0) is 44.8 Å². The summed E-state index contributed by atoms with van der Waals surface area (Å²) in [7, 11) is -9.06. The largest absolute Gasteiger partial charge is 0.255 e. The molecule has 6 aromatic rings. The first-order chi connectivity index (χ1) is 18.9. The molecule has 1 aliphatic rings. The van der Waals surface area contributed by atoms with E-state index in [1.807, 2.05) is 121 Å². The van der Waals surface area contributed by atoms with Crippen molar-refractivity contribution in [3.05, 3.63) is 121 Å². The fourth-order valence-electron chi connectivity index (χ4n) is 5.60. The maximum absolute atomic E-state index is 14.1. The van der Waals surface area contributed by atoms with Crippen LogP contribution in [0.2, 0.25) is 0 Å². The third kappa shape index (κ3) is 3.70. The number of fused-ring (bicyclic) bond motifs is 7. The molecule has 0 saturated carbocycles. The maximum Gasteiger partial charge on any atom is 0.255 e. The Balaban J connectivity index is 1.80. The van der Waals surface area contributed by atoms with Crippen molar-refractivity contribution in [2.24, 2.45) is 0 Å². The Kier molecular flexibility index (Phi) is 5.25. The van der Waals surface area contributed by atoms with E-state index in [0.717, 1.165) is 10.8 Å². The van der Waals surface area contributed by atoms with Crippen LogP contribution in [0.5, 0.6) is 0 Å². The van der Waals surface area contributed by atoms with Crippen molar-refractivity contribution >= 4 is 41.6 Å². The molecule has 39 heavy (non-hydrogen) atoms. The second-order valence-electron chi connectivity index (χ2n) is 9.52. The van der Waals surface area contributed by atoms with E-state index in [0.29, 0.717) is 44.2 Å². The van der Waals surface area contributed by atoms with Crippen molar-refractivity contribution in [3.63, 3.8) is 0 Å². The molecule has 0 aromatic heterocycles. The Hall–Kier alpha value is -4.30. The van der Waals surface area contributed by atoms with Crippen molar-refractivity contribution in [1.82, 2.24) is 4.13 Å². The lowest BCUT2D eigenvalue weighted by atomic mass is 9.88. The molecule has 7 rings (SSSR count). The fraction of sp³-hybridized carbons (Fsp3) is 0. The predicted octanol–water partition coefficient (Wildman–Crippen LogP) is 6.97. The lowest BCUT2D eigenvalue weighted by Crippen LogP contribution is -2.30. The minimum Gasteiger partial charge on any atom is -0.206 e. The van der Waals surface area contributed by atoms with Gasteiger partial charge < -0.3 is 0 Å². The first-order valence-electron chi connectivity index (χ1n) is 12.4. The number of sulfonamides is 2. The van der Waals surface area contributed by atoms with E-state index in [1.165, 1.54) is 0 Å². The molecule has 0 aliphatic carbocycles. The number of benzene rings is 6. The summed E-state index contributed by atoms with van der Waals surface area (Å²) in [5, 5.41) is 2.94. The summed E-state index contributed by atoms with van der Waals surface area (Å²) in [6.45, 7) is 0. The quantitative estimate of drug-likeness (QED) is 0.254. The molecule has 0 bridgehead atoms. The Morgan fingerprint density at radius 2 is 0.795 bits per heavy atom. The van der Waals surface area contributed by atoms with Gasteiger partial charge in [-0.3, -0.25) is 0 Å². The zero-order chi connectivity index (χ0) is 26.8. The van der Waals surface area contributed by atoms with Crippen molar-refractivity contribution < 1.29 is 16.8 Å². The summed E-state index contributed by atoms with van der Waals surface area (Å²) in [6, 6.07) is 37.0. The molecule has 7 heteroatoms. The van der Waals surface area contributed by atoms with Crippen molar-refractivity contribution in [1.29, 1.82) is 0 Å². The lowest BCUT2D eigenvalue weighted by molar-refractivity contribution is 0.579. The van der Waals surface area contributed by atoms with Crippen LogP contribution in [0.4, 0.5) is 0 Å². The van der Waals surface area contributed by atoms with E-state index < -0.39 is 20.0 Å². The SMILES string of the molecule is O=S1(=O)NS(=O)(=O)c2c(-c3ccccc3)cc3ccccc3c2-c2c1c(-c1ccccc1)cc1ccccc21. The highest BCUT2D eigenvalue weighted by Gasteiger charge is 2.39. The summed E-state index contributed by atoms with van der Waals surface area (Å²) < 4.78 is 58.5. The average molecular weight is 548 g/mol. The van der Waals surface area contributed by atoms with Gasteiger partial charge in [0, 0.05) is 22.3 Å². The Labute approximate surface area is 226 Å². The standard InChI is InChI=1S/C32H21NO4S2/c34-38(35)31-27(21-11-3-1-4-12-21)19-23-15-7-9-17-25(23)29(31)30-26-18-10-8-16-24(26)20-28(22-13-5-2-6-14-22)32(30)39(36,37)33-38/h1-20,33H. The van der Waals surface area contributed by atoms with Crippen molar-refractivity contribution in [2.75, 3.05) is 0 Å². The molecule has 0 fully saturated rings. The molecular formula is C32H21NO4S2. The molecule has 0 spiro atoms. The molecule has 190 valence electrons. The van der Waals surface area contributed by atoms with Crippen LogP contribution < -0.4 is 4.13 Å². The van der Waals surface area contributed by atoms with Gasteiger partial charge in [-0.1, -0.05) is 109 Å². The third-order valence-corrected chi connectivity index (χ3v) is 10.9. The third-order valence-electron chi connectivity index (χ3n) is 7.18. The second kappa shape index (κ2) is 8.61. The molecule has 1 heterocycles. The number of rotatable bonds is 2. The van der Waals surface area contributed by atoms with Gasteiger partial charge in [0.25, 0.3) is 20.0 Å². The van der Waals surface area contributed by atoms with E-state index in [-0.39, 0.29) is 9.79 Å². The summed E-state index contributed by atoms with van der Waals surface area (Å²) >= 11 is 0. The Morgan fingerprint density at radius 3 is 1.21 bits per heavy atom. The van der Waals surface area contributed by atoms with Gasteiger partial charge in [0.15, 0.2) is 0 Å². The average Bonchev–Trinajstić information content (AvgIpc) is 3.02. The Morgan fingerprint density at radius 1 is 0.436 bits per heavy atom. The second-order valence-corrected chi connectivity index (χ2v) is 13.0. The van der Waals surface area contributed by atoms with Crippen molar-refractivity contribution in [2.45, 2.75) is 9.79 Å². The summed E-state index contributed by atoms with van der Waals surface area (Å²) in [6.07, 6.45) is 0. The van der Waals surface area contributed by atoms with Gasteiger partial charge >= 0.3 is 0 Å². The smallest absolute Gasteiger partial charge is 0.206 e. The molecule has 5 nitrogen and oxygen atoms in total. The molecule has 0 atom stereocenters. The van der Waals surface area contributed by atoms with E-state index in [2.05, 4.69) is 4.13 Å². The van der Waals surface area contributed by atoms with Gasteiger partial charge in [0.1, 0.15) is 0 Å². The molecule has 1 aliphatic heterocycles. The minimum absolute atomic E-state index is 0.0508. The van der Waals surface area contributed by atoms with Crippen LogP contribution in [0.25, 0.3) is 54.9 Å². The molecular weight excluding hydrogens is 526 g/mol. The van der Waals surface area contributed by atoms with E-state index >= 15 is 0 Å². The molecule has 1 N–H and O–H groups in total. The van der Waals surface area contributed by atoms with Gasteiger partial charge in [-0.2, -0.15) is 0 Å². The molecule has 0 radical (unpaired) electrons. The van der Waals surface area contributed by atoms with Gasteiger partial charge in [0.2, 0.25) is 0 Å². The molecule has 0 unspecified atom stereocenters. The van der Waals surface area contributed by atoms with Crippen LogP contribution in [0.3, 0.4) is 0 Å². The molecule has 6 aromatic carbocycles. The minimum atomic E-state index is -4.53. The zero-order valence-corrected chi connectivity index (χ0v) is 22.1. The topological polar surface area (TPSA) is 80.3 Å².